The van der Waals surface area contributed by atoms with Crippen LogP contribution in [0.2, 0.25) is 0 Å². The summed E-state index contributed by atoms with van der Waals surface area (Å²) in [5, 5.41) is 3.09. The fraction of sp³-hybridized carbons (Fsp3) is 0.294. The summed E-state index contributed by atoms with van der Waals surface area (Å²) in [4.78, 5) is 19.0. The Hall–Kier alpha value is -2.08. The van der Waals surface area contributed by atoms with Gasteiger partial charge in [0.1, 0.15) is 11.6 Å². The molecule has 2 aromatic rings. The summed E-state index contributed by atoms with van der Waals surface area (Å²) < 4.78 is 5.95. The molecule has 1 atom stereocenters. The Labute approximate surface area is 143 Å². The molecule has 1 amide bonds. The highest BCUT2D eigenvalue weighted by Crippen LogP contribution is 2.23. The lowest BCUT2D eigenvalue weighted by atomic mass is 10.1. The van der Waals surface area contributed by atoms with Gasteiger partial charge in [0.2, 0.25) is 0 Å². The molecule has 0 spiro atoms. The van der Waals surface area contributed by atoms with Gasteiger partial charge in [-0.15, -0.1) is 0 Å². The van der Waals surface area contributed by atoms with Crippen LogP contribution < -0.4 is 15.0 Å². The zero-order valence-corrected chi connectivity index (χ0v) is 14.4. The van der Waals surface area contributed by atoms with E-state index in [0.717, 1.165) is 29.8 Å². The molecule has 2 heterocycles. The lowest BCUT2D eigenvalue weighted by Gasteiger charge is -2.18. The number of hydrogen-bond donors (Lipinski definition) is 1. The maximum atomic E-state index is 12.5. The van der Waals surface area contributed by atoms with Crippen LogP contribution in [0.3, 0.4) is 0 Å². The number of methoxy groups -OCH3 is 1. The topological polar surface area (TPSA) is 54.5 Å². The lowest BCUT2D eigenvalue weighted by Crippen LogP contribution is -2.37. The molecule has 6 heteroatoms. The molecule has 1 aromatic carbocycles. The van der Waals surface area contributed by atoms with Gasteiger partial charge in [0, 0.05) is 29.8 Å². The number of carbonyl (C=O) groups excluding carboxylic acids is 1. The van der Waals surface area contributed by atoms with Gasteiger partial charge >= 0.3 is 0 Å². The van der Waals surface area contributed by atoms with Crippen molar-refractivity contribution in [1.82, 2.24) is 10.3 Å². The standard InChI is InChI=1S/C17H18BrN3O2/c1-23-13-5-6-15(18)14(10-13)17(22)20-12-7-9-21(11-12)16-4-2-3-8-19-16/h2-6,8,10,12H,7,9,11H2,1H3,(H,20,22). The molecule has 1 aliphatic rings. The molecule has 23 heavy (non-hydrogen) atoms. The SMILES string of the molecule is COc1ccc(Br)c(C(=O)NC2CCN(c3ccccn3)C2)c1. The third-order valence-electron chi connectivity index (χ3n) is 3.91. The van der Waals surface area contributed by atoms with E-state index >= 15 is 0 Å². The van der Waals surface area contributed by atoms with Gasteiger partial charge in [-0.3, -0.25) is 4.79 Å². The van der Waals surface area contributed by atoms with Crippen LogP contribution >= 0.6 is 15.9 Å². The Bertz CT molecular complexity index is 693. The number of ether oxygens (including phenoxy) is 1. The molecule has 1 aromatic heterocycles. The zero-order chi connectivity index (χ0) is 16.2. The van der Waals surface area contributed by atoms with E-state index in [2.05, 4.69) is 31.1 Å². The van der Waals surface area contributed by atoms with E-state index in [0.29, 0.717) is 11.3 Å². The van der Waals surface area contributed by atoms with Gasteiger partial charge in [0.25, 0.3) is 5.91 Å². The molecule has 1 unspecified atom stereocenters. The number of amides is 1. The number of anilines is 1. The van der Waals surface area contributed by atoms with Crippen LogP contribution in [0.1, 0.15) is 16.8 Å². The third-order valence-corrected chi connectivity index (χ3v) is 4.61. The van der Waals surface area contributed by atoms with Crippen molar-refractivity contribution in [2.75, 3.05) is 25.1 Å². The van der Waals surface area contributed by atoms with Gasteiger partial charge in [-0.05, 0) is 52.7 Å². The molecule has 0 saturated carbocycles. The summed E-state index contributed by atoms with van der Waals surface area (Å²) in [6.07, 6.45) is 2.69. The molecule has 1 aliphatic heterocycles. The Kier molecular flexibility index (Phi) is 4.81. The Morgan fingerprint density at radius 3 is 3.00 bits per heavy atom. The largest absolute Gasteiger partial charge is 0.497 e. The van der Waals surface area contributed by atoms with E-state index in [9.17, 15) is 4.79 Å². The summed E-state index contributed by atoms with van der Waals surface area (Å²) in [5.74, 6) is 1.52. The Morgan fingerprint density at radius 1 is 1.39 bits per heavy atom. The molecule has 0 radical (unpaired) electrons. The average molecular weight is 376 g/mol. The van der Waals surface area contributed by atoms with Gasteiger partial charge in [-0.25, -0.2) is 4.98 Å². The van der Waals surface area contributed by atoms with E-state index in [4.69, 9.17) is 4.74 Å². The number of halogens is 1. The minimum atomic E-state index is -0.0938. The first-order valence-electron chi connectivity index (χ1n) is 7.48. The van der Waals surface area contributed by atoms with Crippen molar-refractivity contribution in [2.45, 2.75) is 12.5 Å². The number of pyridine rings is 1. The van der Waals surface area contributed by atoms with Crippen LogP contribution in [0.5, 0.6) is 5.75 Å². The van der Waals surface area contributed by atoms with Crippen LogP contribution in [0, 0.1) is 0 Å². The number of nitrogens with zero attached hydrogens (tertiary/aromatic N) is 2. The predicted molar refractivity (Wildman–Crippen MR) is 93.0 cm³/mol. The monoisotopic (exact) mass is 375 g/mol. The second-order valence-corrected chi connectivity index (χ2v) is 6.29. The van der Waals surface area contributed by atoms with E-state index in [-0.39, 0.29) is 11.9 Å². The molecule has 0 bridgehead atoms. The fourth-order valence-corrected chi connectivity index (χ4v) is 3.12. The average Bonchev–Trinajstić information content (AvgIpc) is 3.04. The normalized spacial score (nSPS) is 17.1. The summed E-state index contributed by atoms with van der Waals surface area (Å²) in [6.45, 7) is 1.66. The molecule has 5 nitrogen and oxygen atoms in total. The highest BCUT2D eigenvalue weighted by Gasteiger charge is 2.25. The number of aromatic nitrogens is 1. The number of nitrogens with one attached hydrogen (secondary N) is 1. The lowest BCUT2D eigenvalue weighted by molar-refractivity contribution is 0.0939. The van der Waals surface area contributed by atoms with Gasteiger partial charge in [0.05, 0.1) is 12.7 Å². The molecule has 120 valence electrons. The molecule has 1 fully saturated rings. The second-order valence-electron chi connectivity index (χ2n) is 5.44. The highest BCUT2D eigenvalue weighted by molar-refractivity contribution is 9.10. The first-order chi connectivity index (χ1) is 11.2. The van der Waals surface area contributed by atoms with Gasteiger partial charge in [-0.1, -0.05) is 6.07 Å². The Morgan fingerprint density at radius 2 is 2.26 bits per heavy atom. The number of rotatable bonds is 4. The molecular formula is C17H18BrN3O2. The van der Waals surface area contributed by atoms with Crippen LogP contribution in [-0.4, -0.2) is 37.1 Å². The van der Waals surface area contributed by atoms with Crippen LogP contribution in [0.4, 0.5) is 5.82 Å². The number of benzene rings is 1. The van der Waals surface area contributed by atoms with Crippen LogP contribution in [-0.2, 0) is 0 Å². The van der Waals surface area contributed by atoms with Crippen molar-refractivity contribution >= 4 is 27.7 Å². The van der Waals surface area contributed by atoms with Crippen LogP contribution in [0.15, 0.2) is 47.1 Å². The van der Waals surface area contributed by atoms with Crippen molar-refractivity contribution < 1.29 is 9.53 Å². The zero-order valence-electron chi connectivity index (χ0n) is 12.8. The maximum Gasteiger partial charge on any atom is 0.252 e. The van der Waals surface area contributed by atoms with Crippen molar-refractivity contribution in [2.24, 2.45) is 0 Å². The summed E-state index contributed by atoms with van der Waals surface area (Å²) in [5.41, 5.74) is 0.584. The smallest absolute Gasteiger partial charge is 0.252 e. The van der Waals surface area contributed by atoms with Crippen molar-refractivity contribution in [3.8, 4) is 5.75 Å². The molecule has 3 rings (SSSR count). The molecule has 0 aliphatic carbocycles. The quantitative estimate of drug-likeness (QED) is 0.892. The summed E-state index contributed by atoms with van der Waals surface area (Å²) >= 11 is 3.42. The van der Waals surface area contributed by atoms with Crippen molar-refractivity contribution in [3.05, 3.63) is 52.6 Å². The van der Waals surface area contributed by atoms with E-state index in [1.54, 1.807) is 19.4 Å². The second kappa shape index (κ2) is 7.00. The summed E-state index contributed by atoms with van der Waals surface area (Å²) in [6, 6.07) is 11.4. The highest BCUT2D eigenvalue weighted by atomic mass is 79.9. The third kappa shape index (κ3) is 3.64. The predicted octanol–water partition coefficient (Wildman–Crippen LogP) is 2.86. The Balaban J connectivity index is 1.65. The van der Waals surface area contributed by atoms with Gasteiger partial charge < -0.3 is 15.0 Å². The van der Waals surface area contributed by atoms with E-state index < -0.39 is 0 Å². The van der Waals surface area contributed by atoms with Gasteiger partial charge in [-0.2, -0.15) is 0 Å². The first kappa shape index (κ1) is 15.8. The minimum absolute atomic E-state index is 0.0938. The maximum absolute atomic E-state index is 12.5. The molecule has 1 saturated heterocycles. The first-order valence-corrected chi connectivity index (χ1v) is 8.27. The number of hydrogen-bond acceptors (Lipinski definition) is 4. The van der Waals surface area contributed by atoms with Crippen molar-refractivity contribution in [1.29, 1.82) is 0 Å². The van der Waals surface area contributed by atoms with Crippen molar-refractivity contribution in [3.63, 3.8) is 0 Å². The molecular weight excluding hydrogens is 358 g/mol. The minimum Gasteiger partial charge on any atom is -0.497 e. The van der Waals surface area contributed by atoms with E-state index in [1.807, 2.05) is 30.3 Å². The van der Waals surface area contributed by atoms with Gasteiger partial charge in [0.15, 0.2) is 0 Å². The van der Waals surface area contributed by atoms with E-state index in [1.165, 1.54) is 0 Å². The molecule has 1 N–H and O–H groups in total. The number of carbonyl (C=O) groups is 1. The van der Waals surface area contributed by atoms with Crippen LogP contribution in [0.25, 0.3) is 0 Å². The fourth-order valence-electron chi connectivity index (χ4n) is 2.70. The summed E-state index contributed by atoms with van der Waals surface area (Å²) in [7, 11) is 1.59.